The number of benzene rings is 1. The van der Waals surface area contributed by atoms with E-state index in [2.05, 4.69) is 10.6 Å². The Morgan fingerprint density at radius 2 is 2.03 bits per heavy atom. The topological polar surface area (TPSA) is 142 Å². The first-order valence-corrected chi connectivity index (χ1v) is 9.60. The van der Waals surface area contributed by atoms with Crippen LogP contribution in [-0.2, 0) is 19.2 Å². The van der Waals surface area contributed by atoms with Gasteiger partial charge in [-0.05, 0) is 38.0 Å². The molecule has 1 aromatic rings. The summed E-state index contributed by atoms with van der Waals surface area (Å²) >= 11 is 0. The molecule has 1 aromatic carbocycles. The van der Waals surface area contributed by atoms with Crippen molar-refractivity contribution in [1.82, 2.24) is 15.5 Å². The van der Waals surface area contributed by atoms with Gasteiger partial charge in [0.25, 0.3) is 5.91 Å². The number of halogens is 1. The summed E-state index contributed by atoms with van der Waals surface area (Å²) in [6, 6.07) is 0.526. The number of nitrogens with zero attached hydrogens (tertiary/aromatic N) is 1. The van der Waals surface area contributed by atoms with E-state index in [1.54, 1.807) is 0 Å². The van der Waals surface area contributed by atoms with Crippen LogP contribution < -0.4 is 15.4 Å². The number of nitrogens with one attached hydrogen (secondary N) is 2. The fourth-order valence-electron chi connectivity index (χ4n) is 3.30. The summed E-state index contributed by atoms with van der Waals surface area (Å²) < 4.78 is 18.6. The predicted octanol–water partition coefficient (Wildman–Crippen LogP) is 0.102. The molecule has 10 nitrogen and oxygen atoms in total. The number of carbonyl (C=O) groups excluding carboxylic acids is 4. The number of methoxy groups -OCH3 is 1. The van der Waals surface area contributed by atoms with Crippen molar-refractivity contribution in [3.8, 4) is 5.75 Å². The van der Waals surface area contributed by atoms with E-state index in [4.69, 9.17) is 9.84 Å². The molecule has 0 spiro atoms. The zero-order valence-corrected chi connectivity index (χ0v) is 17.1. The lowest BCUT2D eigenvalue weighted by Crippen LogP contribution is -2.54. The number of carboxylic acids is 1. The Kier molecular flexibility index (Phi) is 8.06. The molecule has 168 valence electrons. The number of aliphatic carboxylic acids is 1. The van der Waals surface area contributed by atoms with Crippen LogP contribution in [0.15, 0.2) is 18.2 Å². The maximum absolute atomic E-state index is 13.8. The minimum Gasteiger partial charge on any atom is -0.494 e. The molecule has 2 rings (SSSR count). The Bertz CT molecular complexity index is 876. The van der Waals surface area contributed by atoms with E-state index in [0.717, 1.165) is 6.07 Å². The average Bonchev–Trinajstić information content (AvgIpc) is 3.22. The van der Waals surface area contributed by atoms with E-state index in [1.807, 2.05) is 0 Å². The zero-order valence-electron chi connectivity index (χ0n) is 17.1. The molecule has 0 saturated carbocycles. The summed E-state index contributed by atoms with van der Waals surface area (Å²) in [7, 11) is 1.29. The van der Waals surface area contributed by atoms with Gasteiger partial charge < -0.3 is 30.2 Å². The zero-order chi connectivity index (χ0) is 23.1. The predicted molar refractivity (Wildman–Crippen MR) is 105 cm³/mol. The van der Waals surface area contributed by atoms with Gasteiger partial charge in [-0.2, -0.15) is 0 Å². The third kappa shape index (κ3) is 6.00. The average molecular weight is 437 g/mol. The molecule has 11 heteroatoms. The molecule has 0 aromatic heterocycles. The largest absolute Gasteiger partial charge is 0.494 e. The molecule has 1 aliphatic heterocycles. The van der Waals surface area contributed by atoms with E-state index >= 15 is 0 Å². The Labute approximate surface area is 177 Å². The number of amides is 3. The Morgan fingerprint density at radius 1 is 1.32 bits per heavy atom. The fraction of sp³-hybridized carbons (Fsp3) is 0.450. The van der Waals surface area contributed by atoms with Crippen LogP contribution in [0.25, 0.3) is 0 Å². The second-order valence-corrected chi connectivity index (χ2v) is 7.08. The molecule has 1 heterocycles. The van der Waals surface area contributed by atoms with Crippen LogP contribution in [0.4, 0.5) is 4.39 Å². The number of aldehydes is 1. The highest BCUT2D eigenvalue weighted by atomic mass is 19.1. The fourth-order valence-corrected chi connectivity index (χ4v) is 3.30. The van der Waals surface area contributed by atoms with Gasteiger partial charge in [0.1, 0.15) is 18.4 Å². The number of hydrogen-bond acceptors (Lipinski definition) is 6. The SMILES string of the molecule is COc1ccc(C(=O)NC(C)C(=O)N2CCCC2C(=O)NC(C=O)CC(=O)O)cc1F. The summed E-state index contributed by atoms with van der Waals surface area (Å²) in [5.74, 6) is -3.84. The summed E-state index contributed by atoms with van der Waals surface area (Å²) in [5.41, 5.74) is -0.00356. The molecule has 3 amide bonds. The van der Waals surface area contributed by atoms with Crippen LogP contribution in [0, 0.1) is 5.82 Å². The number of carbonyl (C=O) groups is 5. The van der Waals surface area contributed by atoms with Crippen LogP contribution in [0.3, 0.4) is 0 Å². The Hall–Kier alpha value is -3.50. The van der Waals surface area contributed by atoms with Crippen molar-refractivity contribution in [2.45, 2.75) is 44.3 Å². The van der Waals surface area contributed by atoms with Gasteiger partial charge in [0.2, 0.25) is 11.8 Å². The Morgan fingerprint density at radius 3 is 2.61 bits per heavy atom. The molecule has 1 aliphatic rings. The third-order valence-electron chi connectivity index (χ3n) is 4.86. The molecule has 3 N–H and O–H groups in total. The molecular formula is C20H24FN3O7. The van der Waals surface area contributed by atoms with Crippen molar-refractivity contribution in [2.75, 3.05) is 13.7 Å². The molecular weight excluding hydrogens is 413 g/mol. The van der Waals surface area contributed by atoms with E-state index in [9.17, 15) is 28.4 Å². The maximum Gasteiger partial charge on any atom is 0.305 e. The standard InChI is InChI=1S/C20H24FN3O7/c1-11(22-18(28)12-5-6-16(31-2)14(21)8-12)20(30)24-7-3-4-15(24)19(29)23-13(10-25)9-17(26)27/h5-6,8,10-11,13,15H,3-4,7,9H2,1-2H3,(H,22,28)(H,23,29)(H,26,27). The molecule has 3 unspecified atom stereocenters. The first kappa shape index (κ1) is 23.8. The number of rotatable bonds is 9. The number of likely N-dealkylation sites (tertiary alicyclic amines) is 1. The quantitative estimate of drug-likeness (QED) is 0.465. The number of ether oxygens (including phenoxy) is 1. The van der Waals surface area contributed by atoms with Crippen LogP contribution in [0.2, 0.25) is 0 Å². The van der Waals surface area contributed by atoms with Crippen molar-refractivity contribution in [2.24, 2.45) is 0 Å². The van der Waals surface area contributed by atoms with E-state index in [-0.39, 0.29) is 17.9 Å². The molecule has 0 radical (unpaired) electrons. The van der Waals surface area contributed by atoms with Gasteiger partial charge in [0, 0.05) is 12.1 Å². The van der Waals surface area contributed by atoms with Crippen molar-refractivity contribution in [3.63, 3.8) is 0 Å². The van der Waals surface area contributed by atoms with Crippen LogP contribution in [0.1, 0.15) is 36.5 Å². The maximum atomic E-state index is 13.8. The molecule has 0 aliphatic carbocycles. The highest BCUT2D eigenvalue weighted by molar-refractivity contribution is 5.98. The summed E-state index contributed by atoms with van der Waals surface area (Å²) in [6.07, 6.45) is 0.615. The smallest absolute Gasteiger partial charge is 0.305 e. The number of carboxylic acid groups (broad SMARTS) is 1. The lowest BCUT2D eigenvalue weighted by Gasteiger charge is -2.27. The molecule has 31 heavy (non-hydrogen) atoms. The van der Waals surface area contributed by atoms with Crippen LogP contribution in [-0.4, -0.2) is 71.8 Å². The van der Waals surface area contributed by atoms with Crippen LogP contribution in [0.5, 0.6) is 5.75 Å². The minimum atomic E-state index is -1.25. The Balaban J connectivity index is 2.02. The van der Waals surface area contributed by atoms with Gasteiger partial charge in [-0.15, -0.1) is 0 Å². The minimum absolute atomic E-state index is 0.00356. The first-order valence-electron chi connectivity index (χ1n) is 9.60. The van der Waals surface area contributed by atoms with Crippen molar-refractivity contribution >= 4 is 30.0 Å². The van der Waals surface area contributed by atoms with Crippen molar-refractivity contribution in [1.29, 1.82) is 0 Å². The molecule has 1 saturated heterocycles. The lowest BCUT2D eigenvalue weighted by molar-refractivity contribution is -0.141. The normalized spacial score (nSPS) is 17.4. The highest BCUT2D eigenvalue weighted by Gasteiger charge is 2.37. The third-order valence-corrected chi connectivity index (χ3v) is 4.86. The lowest BCUT2D eigenvalue weighted by atomic mass is 10.1. The monoisotopic (exact) mass is 437 g/mol. The van der Waals surface area contributed by atoms with Crippen LogP contribution >= 0.6 is 0 Å². The van der Waals surface area contributed by atoms with E-state index in [1.165, 1.54) is 31.1 Å². The number of hydrogen-bond donors (Lipinski definition) is 3. The van der Waals surface area contributed by atoms with Gasteiger partial charge in [-0.25, -0.2) is 4.39 Å². The van der Waals surface area contributed by atoms with E-state index < -0.39 is 54.1 Å². The highest BCUT2D eigenvalue weighted by Crippen LogP contribution is 2.20. The van der Waals surface area contributed by atoms with Crippen molar-refractivity contribution in [3.05, 3.63) is 29.6 Å². The van der Waals surface area contributed by atoms with Gasteiger partial charge >= 0.3 is 5.97 Å². The van der Waals surface area contributed by atoms with Gasteiger partial charge in [-0.1, -0.05) is 0 Å². The van der Waals surface area contributed by atoms with Crippen molar-refractivity contribution < 1.29 is 38.2 Å². The first-order chi connectivity index (χ1) is 14.7. The molecule has 3 atom stereocenters. The van der Waals surface area contributed by atoms with Gasteiger partial charge in [-0.3, -0.25) is 19.2 Å². The second-order valence-electron chi connectivity index (χ2n) is 7.08. The second kappa shape index (κ2) is 10.5. The summed E-state index contributed by atoms with van der Waals surface area (Å²) in [4.78, 5) is 60.7. The van der Waals surface area contributed by atoms with Gasteiger partial charge in [0.05, 0.1) is 19.6 Å². The summed E-state index contributed by atoms with van der Waals surface area (Å²) in [5, 5.41) is 13.6. The molecule has 0 bridgehead atoms. The molecule has 1 fully saturated rings. The van der Waals surface area contributed by atoms with E-state index in [0.29, 0.717) is 19.1 Å². The van der Waals surface area contributed by atoms with Gasteiger partial charge in [0.15, 0.2) is 11.6 Å². The summed E-state index contributed by atoms with van der Waals surface area (Å²) in [6.45, 7) is 1.70.